The zero-order valence-corrected chi connectivity index (χ0v) is 11.7. The van der Waals surface area contributed by atoms with Gasteiger partial charge in [-0.1, -0.05) is 25.4 Å². The summed E-state index contributed by atoms with van der Waals surface area (Å²) in [6.45, 7) is 5.98. The lowest BCUT2D eigenvalue weighted by Gasteiger charge is -2.05. The minimum Gasteiger partial charge on any atom is -0.323 e. The Bertz CT molecular complexity index is 616. The maximum absolute atomic E-state index is 8.93. The maximum atomic E-state index is 8.93. The third-order valence-corrected chi connectivity index (χ3v) is 3.03. The van der Waals surface area contributed by atoms with Crippen LogP contribution in [0.25, 0.3) is 0 Å². The van der Waals surface area contributed by atoms with Crippen LogP contribution in [-0.2, 0) is 0 Å². The lowest BCUT2D eigenvalue weighted by atomic mass is 10.1. The molecule has 98 valence electrons. The van der Waals surface area contributed by atoms with Crippen LogP contribution in [0, 0.1) is 18.3 Å². The van der Waals surface area contributed by atoms with Crippen LogP contribution < -0.4 is 5.32 Å². The van der Waals surface area contributed by atoms with Crippen molar-refractivity contribution in [1.29, 1.82) is 5.26 Å². The third kappa shape index (κ3) is 2.85. The van der Waals surface area contributed by atoms with Crippen LogP contribution in [0.4, 0.5) is 11.6 Å². The van der Waals surface area contributed by atoms with Gasteiger partial charge in [-0.25, -0.2) is 4.98 Å². The molecule has 0 radical (unpaired) electrons. The average molecular weight is 276 g/mol. The second-order valence-corrected chi connectivity index (χ2v) is 4.95. The number of aryl methyl sites for hydroxylation is 1. The van der Waals surface area contributed by atoms with Gasteiger partial charge in [-0.3, -0.25) is 5.10 Å². The maximum Gasteiger partial charge on any atom is 0.153 e. The first-order valence-corrected chi connectivity index (χ1v) is 6.28. The highest BCUT2D eigenvalue weighted by Crippen LogP contribution is 2.23. The van der Waals surface area contributed by atoms with Crippen LogP contribution in [0.2, 0.25) is 5.15 Å². The first-order chi connectivity index (χ1) is 9.01. The van der Waals surface area contributed by atoms with Crippen LogP contribution in [-0.4, -0.2) is 15.2 Å². The molecule has 6 heteroatoms. The molecule has 0 unspecified atom stereocenters. The van der Waals surface area contributed by atoms with E-state index in [1.807, 2.05) is 19.1 Å². The molecule has 0 spiro atoms. The number of H-pyrrole nitrogens is 1. The fraction of sp³-hybridized carbons (Fsp3) is 0.308. The van der Waals surface area contributed by atoms with Crippen molar-refractivity contribution in [2.45, 2.75) is 26.7 Å². The number of nitriles is 1. The van der Waals surface area contributed by atoms with Gasteiger partial charge >= 0.3 is 0 Å². The quantitative estimate of drug-likeness (QED) is 0.841. The van der Waals surface area contributed by atoms with E-state index in [4.69, 9.17) is 16.9 Å². The summed E-state index contributed by atoms with van der Waals surface area (Å²) in [5.74, 6) is 1.63. The number of aromatic nitrogens is 3. The summed E-state index contributed by atoms with van der Waals surface area (Å²) >= 11 is 5.95. The third-order valence-electron chi connectivity index (χ3n) is 2.76. The van der Waals surface area contributed by atoms with E-state index in [9.17, 15) is 0 Å². The molecule has 0 aliphatic heterocycles. The van der Waals surface area contributed by atoms with Gasteiger partial charge in [0, 0.05) is 11.8 Å². The topological polar surface area (TPSA) is 77.4 Å². The highest BCUT2D eigenvalue weighted by atomic mass is 35.5. The van der Waals surface area contributed by atoms with Crippen molar-refractivity contribution in [3.8, 4) is 6.07 Å². The van der Waals surface area contributed by atoms with Crippen LogP contribution in [0.5, 0.6) is 0 Å². The number of pyridine rings is 1. The van der Waals surface area contributed by atoms with Crippen molar-refractivity contribution < 1.29 is 0 Å². The van der Waals surface area contributed by atoms with Gasteiger partial charge in [0.15, 0.2) is 5.82 Å². The number of nitrogens with one attached hydrogen (secondary N) is 2. The van der Waals surface area contributed by atoms with Crippen LogP contribution >= 0.6 is 11.6 Å². The molecule has 0 fully saturated rings. The molecule has 0 aliphatic rings. The largest absolute Gasteiger partial charge is 0.323 e. The summed E-state index contributed by atoms with van der Waals surface area (Å²) < 4.78 is 0. The zero-order valence-electron chi connectivity index (χ0n) is 11.0. The molecular formula is C13H14ClN5. The van der Waals surface area contributed by atoms with E-state index >= 15 is 0 Å². The minimum absolute atomic E-state index is 0.199. The summed E-state index contributed by atoms with van der Waals surface area (Å²) in [4.78, 5) is 4.13. The van der Waals surface area contributed by atoms with Gasteiger partial charge in [0.1, 0.15) is 17.0 Å². The fourth-order valence-electron chi connectivity index (χ4n) is 1.66. The van der Waals surface area contributed by atoms with Gasteiger partial charge in [0.25, 0.3) is 0 Å². The fourth-order valence-corrected chi connectivity index (χ4v) is 1.94. The van der Waals surface area contributed by atoms with Crippen molar-refractivity contribution in [3.63, 3.8) is 0 Å². The van der Waals surface area contributed by atoms with Crippen molar-refractivity contribution >= 4 is 23.2 Å². The Morgan fingerprint density at radius 3 is 2.63 bits per heavy atom. The molecule has 0 aromatic carbocycles. The summed E-state index contributed by atoms with van der Waals surface area (Å²) in [7, 11) is 0. The number of hydrogen-bond acceptors (Lipinski definition) is 4. The number of halogens is 1. The first kappa shape index (κ1) is 13.4. The Labute approximate surface area is 116 Å². The SMILES string of the molecule is Cc1cc(Nc2cc(C(C)C)[nH]n2)nc(Cl)c1C#N. The average Bonchev–Trinajstić information content (AvgIpc) is 2.77. The van der Waals surface area contributed by atoms with Gasteiger partial charge in [0.2, 0.25) is 0 Å². The molecule has 0 atom stereocenters. The number of rotatable bonds is 3. The lowest BCUT2D eigenvalue weighted by Crippen LogP contribution is -1.97. The Balaban J connectivity index is 2.26. The van der Waals surface area contributed by atoms with E-state index in [2.05, 4.69) is 34.3 Å². The van der Waals surface area contributed by atoms with E-state index in [1.165, 1.54) is 0 Å². The molecule has 0 saturated carbocycles. The van der Waals surface area contributed by atoms with E-state index in [0.29, 0.717) is 23.1 Å². The summed E-state index contributed by atoms with van der Waals surface area (Å²) in [6, 6.07) is 5.73. The van der Waals surface area contributed by atoms with E-state index in [-0.39, 0.29) is 5.15 Å². The Morgan fingerprint density at radius 1 is 1.37 bits per heavy atom. The second-order valence-electron chi connectivity index (χ2n) is 4.59. The molecule has 5 nitrogen and oxygen atoms in total. The standard InChI is InChI=1S/C13H14ClN5/c1-7(2)10-5-12(19-18-10)16-11-4-8(3)9(6-15)13(14)17-11/h4-5,7H,1-3H3,(H2,16,17,18,19). The molecule has 2 aromatic rings. The van der Waals surface area contributed by atoms with Gasteiger partial charge in [-0.15, -0.1) is 0 Å². The molecule has 0 aliphatic carbocycles. The summed E-state index contributed by atoms with van der Waals surface area (Å²) in [6.07, 6.45) is 0. The molecule has 2 aromatic heterocycles. The van der Waals surface area contributed by atoms with E-state index in [1.54, 1.807) is 6.07 Å². The van der Waals surface area contributed by atoms with Crippen molar-refractivity contribution in [3.05, 3.63) is 34.1 Å². The summed E-state index contributed by atoms with van der Waals surface area (Å²) in [5, 5.41) is 19.3. The van der Waals surface area contributed by atoms with Crippen molar-refractivity contribution in [2.24, 2.45) is 0 Å². The highest BCUT2D eigenvalue weighted by molar-refractivity contribution is 6.30. The van der Waals surface area contributed by atoms with Gasteiger partial charge in [0.05, 0.1) is 5.56 Å². The predicted molar refractivity (Wildman–Crippen MR) is 74.7 cm³/mol. The molecular weight excluding hydrogens is 262 g/mol. The van der Waals surface area contributed by atoms with Gasteiger partial charge in [-0.05, 0) is 24.5 Å². The number of nitrogens with zero attached hydrogens (tertiary/aromatic N) is 3. The molecule has 0 bridgehead atoms. The van der Waals surface area contributed by atoms with Crippen LogP contribution in [0.1, 0.15) is 36.6 Å². The highest BCUT2D eigenvalue weighted by Gasteiger charge is 2.10. The molecule has 2 N–H and O–H groups in total. The minimum atomic E-state index is 0.199. The number of aromatic amines is 1. The predicted octanol–water partition coefficient (Wildman–Crippen LogP) is 3.51. The Morgan fingerprint density at radius 2 is 2.11 bits per heavy atom. The van der Waals surface area contributed by atoms with Crippen LogP contribution in [0.15, 0.2) is 12.1 Å². The zero-order chi connectivity index (χ0) is 14.0. The van der Waals surface area contributed by atoms with Crippen molar-refractivity contribution in [1.82, 2.24) is 15.2 Å². The number of hydrogen-bond donors (Lipinski definition) is 2. The van der Waals surface area contributed by atoms with E-state index in [0.717, 1.165) is 11.3 Å². The monoisotopic (exact) mass is 275 g/mol. The summed E-state index contributed by atoms with van der Waals surface area (Å²) in [5.41, 5.74) is 2.22. The Kier molecular flexibility index (Phi) is 3.72. The molecule has 19 heavy (non-hydrogen) atoms. The normalized spacial score (nSPS) is 10.5. The van der Waals surface area contributed by atoms with Crippen molar-refractivity contribution in [2.75, 3.05) is 5.32 Å². The Hall–Kier alpha value is -2.06. The molecule has 0 amide bonds. The second kappa shape index (κ2) is 5.29. The molecule has 2 rings (SSSR count). The van der Waals surface area contributed by atoms with Crippen LogP contribution in [0.3, 0.4) is 0 Å². The number of anilines is 2. The smallest absolute Gasteiger partial charge is 0.153 e. The van der Waals surface area contributed by atoms with E-state index < -0.39 is 0 Å². The molecule has 0 saturated heterocycles. The lowest BCUT2D eigenvalue weighted by molar-refractivity contribution is 0.811. The molecule has 2 heterocycles. The van der Waals surface area contributed by atoms with Gasteiger partial charge in [-0.2, -0.15) is 10.4 Å². The van der Waals surface area contributed by atoms with Gasteiger partial charge < -0.3 is 5.32 Å². The first-order valence-electron chi connectivity index (χ1n) is 5.91.